The highest BCUT2D eigenvalue weighted by molar-refractivity contribution is 5.82. The number of nitrogens with one attached hydrogen (secondary N) is 1. The second-order valence-electron chi connectivity index (χ2n) is 5.24. The zero-order valence-electron chi connectivity index (χ0n) is 11.9. The van der Waals surface area contributed by atoms with Crippen LogP contribution in [0.4, 0.5) is 0 Å². The molecule has 2 rings (SSSR count). The highest BCUT2D eigenvalue weighted by atomic mass is 16.5. The largest absolute Gasteiger partial charge is 0.496 e. The van der Waals surface area contributed by atoms with Crippen molar-refractivity contribution in [2.75, 3.05) is 13.7 Å². The van der Waals surface area contributed by atoms with Crippen LogP contribution < -0.4 is 10.1 Å². The number of piperidine rings is 1. The first-order chi connectivity index (χ1) is 9.43. The van der Waals surface area contributed by atoms with E-state index in [1.54, 1.807) is 7.11 Å². The average Bonchev–Trinajstić information content (AvgIpc) is 2.40. The van der Waals surface area contributed by atoms with Crippen LogP contribution >= 0.6 is 0 Å². The molecule has 1 aromatic carbocycles. The van der Waals surface area contributed by atoms with Crippen molar-refractivity contribution in [1.82, 2.24) is 5.32 Å². The Morgan fingerprint density at radius 3 is 2.60 bits per heavy atom. The van der Waals surface area contributed by atoms with E-state index >= 15 is 0 Å². The lowest BCUT2D eigenvalue weighted by molar-refractivity contribution is -0.144. The van der Waals surface area contributed by atoms with E-state index in [1.807, 2.05) is 26.0 Å². The van der Waals surface area contributed by atoms with Crippen molar-refractivity contribution in [1.29, 1.82) is 0 Å². The number of carboxylic acid groups (broad SMARTS) is 1. The third-order valence-electron chi connectivity index (χ3n) is 3.97. The number of aliphatic carboxylic acids is 1. The van der Waals surface area contributed by atoms with Gasteiger partial charge in [-0.25, -0.2) is 0 Å². The molecular formula is C15H19NO4. The van der Waals surface area contributed by atoms with Crippen molar-refractivity contribution in [2.45, 2.75) is 26.2 Å². The van der Waals surface area contributed by atoms with E-state index < -0.39 is 11.9 Å². The van der Waals surface area contributed by atoms with Gasteiger partial charge in [-0.15, -0.1) is 0 Å². The minimum Gasteiger partial charge on any atom is -0.496 e. The van der Waals surface area contributed by atoms with Gasteiger partial charge >= 0.3 is 5.97 Å². The van der Waals surface area contributed by atoms with Gasteiger partial charge in [0.2, 0.25) is 5.91 Å². The molecule has 1 heterocycles. The summed E-state index contributed by atoms with van der Waals surface area (Å²) in [5.41, 5.74) is 2.95. The van der Waals surface area contributed by atoms with Gasteiger partial charge in [-0.2, -0.15) is 0 Å². The van der Waals surface area contributed by atoms with Gasteiger partial charge in [-0.3, -0.25) is 9.59 Å². The van der Waals surface area contributed by atoms with Crippen LogP contribution in [0.2, 0.25) is 0 Å². The molecule has 1 aliphatic rings. The molecule has 0 bridgehead atoms. The first-order valence-corrected chi connectivity index (χ1v) is 6.58. The van der Waals surface area contributed by atoms with E-state index in [9.17, 15) is 14.7 Å². The first-order valence-electron chi connectivity index (χ1n) is 6.58. The van der Waals surface area contributed by atoms with Gasteiger partial charge in [0.05, 0.1) is 13.0 Å². The number of amides is 1. The van der Waals surface area contributed by atoms with Crippen LogP contribution in [0, 0.1) is 19.8 Å². The highest BCUT2D eigenvalue weighted by Crippen LogP contribution is 2.38. The number of benzene rings is 1. The molecule has 20 heavy (non-hydrogen) atoms. The monoisotopic (exact) mass is 277 g/mol. The number of rotatable bonds is 3. The molecule has 0 aliphatic carbocycles. The Balaban J connectivity index is 2.48. The summed E-state index contributed by atoms with van der Waals surface area (Å²) >= 11 is 0. The molecule has 1 saturated heterocycles. The zero-order chi connectivity index (χ0) is 14.9. The van der Waals surface area contributed by atoms with E-state index in [4.69, 9.17) is 4.74 Å². The van der Waals surface area contributed by atoms with Gasteiger partial charge in [0, 0.05) is 18.9 Å². The molecule has 1 amide bonds. The van der Waals surface area contributed by atoms with Crippen LogP contribution in [-0.2, 0) is 9.59 Å². The second kappa shape index (κ2) is 5.53. The summed E-state index contributed by atoms with van der Waals surface area (Å²) in [7, 11) is 1.56. The fourth-order valence-electron chi connectivity index (χ4n) is 2.64. The zero-order valence-corrected chi connectivity index (χ0v) is 11.9. The average molecular weight is 277 g/mol. The molecule has 2 unspecified atom stereocenters. The van der Waals surface area contributed by atoms with Crippen LogP contribution in [0.25, 0.3) is 0 Å². The van der Waals surface area contributed by atoms with E-state index in [0.29, 0.717) is 5.75 Å². The summed E-state index contributed by atoms with van der Waals surface area (Å²) in [6.45, 7) is 4.11. The van der Waals surface area contributed by atoms with Crippen molar-refractivity contribution in [3.8, 4) is 5.75 Å². The number of aryl methyl sites for hydroxylation is 2. The Bertz CT molecular complexity index is 553. The summed E-state index contributed by atoms with van der Waals surface area (Å²) in [5.74, 6) is -1.33. The fraction of sp³-hybridized carbons (Fsp3) is 0.467. The van der Waals surface area contributed by atoms with Crippen LogP contribution in [0.5, 0.6) is 5.75 Å². The summed E-state index contributed by atoms with van der Waals surface area (Å²) in [6.07, 6.45) is 0.176. The van der Waals surface area contributed by atoms with Crippen molar-refractivity contribution in [3.63, 3.8) is 0 Å². The summed E-state index contributed by atoms with van der Waals surface area (Å²) < 4.78 is 5.37. The standard InChI is InChI=1S/C15H19NO4/c1-8-4-11(13(20-3)5-9(8)2)10-6-14(17)16-7-12(10)15(18)19/h4-5,10,12H,6-7H2,1-3H3,(H,16,17)(H,18,19). The molecule has 0 saturated carbocycles. The van der Waals surface area contributed by atoms with Gasteiger partial charge in [0.15, 0.2) is 0 Å². The van der Waals surface area contributed by atoms with E-state index in [-0.39, 0.29) is 24.8 Å². The van der Waals surface area contributed by atoms with Crippen LogP contribution in [0.1, 0.15) is 29.0 Å². The van der Waals surface area contributed by atoms with Crippen LogP contribution in [0.15, 0.2) is 12.1 Å². The van der Waals surface area contributed by atoms with Crippen molar-refractivity contribution < 1.29 is 19.4 Å². The predicted molar refractivity (Wildman–Crippen MR) is 74.0 cm³/mol. The summed E-state index contributed by atoms with van der Waals surface area (Å²) in [4.78, 5) is 23.0. The third kappa shape index (κ3) is 2.61. The maximum absolute atomic E-state index is 11.6. The lowest BCUT2D eigenvalue weighted by atomic mass is 9.79. The summed E-state index contributed by atoms with van der Waals surface area (Å²) in [6, 6.07) is 3.84. The first kappa shape index (κ1) is 14.4. The molecule has 108 valence electrons. The number of methoxy groups -OCH3 is 1. The normalized spacial score (nSPS) is 22.2. The van der Waals surface area contributed by atoms with E-state index in [2.05, 4.69) is 5.32 Å². The molecule has 0 radical (unpaired) electrons. The van der Waals surface area contributed by atoms with Gasteiger partial charge in [0.25, 0.3) is 0 Å². The van der Waals surface area contributed by atoms with Gasteiger partial charge in [-0.05, 0) is 36.6 Å². The highest BCUT2D eigenvalue weighted by Gasteiger charge is 2.36. The number of carbonyl (C=O) groups is 2. The van der Waals surface area contributed by atoms with Crippen molar-refractivity contribution >= 4 is 11.9 Å². The molecule has 0 spiro atoms. The number of carbonyl (C=O) groups excluding carboxylic acids is 1. The lowest BCUT2D eigenvalue weighted by Crippen LogP contribution is -2.43. The minimum absolute atomic E-state index is 0.118. The molecule has 1 aliphatic heterocycles. The van der Waals surface area contributed by atoms with Gasteiger partial charge in [-0.1, -0.05) is 6.07 Å². The molecule has 1 aromatic rings. The molecule has 5 heteroatoms. The third-order valence-corrected chi connectivity index (χ3v) is 3.97. The van der Waals surface area contributed by atoms with Gasteiger partial charge in [0.1, 0.15) is 5.75 Å². The molecular weight excluding hydrogens is 258 g/mol. The Hall–Kier alpha value is -2.04. The molecule has 2 N–H and O–H groups in total. The molecule has 2 atom stereocenters. The quantitative estimate of drug-likeness (QED) is 0.880. The number of carboxylic acids is 1. The van der Waals surface area contributed by atoms with Crippen LogP contribution in [-0.4, -0.2) is 30.6 Å². The van der Waals surface area contributed by atoms with Crippen molar-refractivity contribution in [2.24, 2.45) is 5.92 Å². The Kier molecular flexibility index (Phi) is 3.97. The smallest absolute Gasteiger partial charge is 0.308 e. The number of ether oxygens (including phenoxy) is 1. The number of hydrogen-bond acceptors (Lipinski definition) is 3. The predicted octanol–water partition coefficient (Wildman–Crippen LogP) is 1.62. The molecule has 5 nitrogen and oxygen atoms in total. The minimum atomic E-state index is -0.893. The second-order valence-corrected chi connectivity index (χ2v) is 5.24. The number of hydrogen-bond donors (Lipinski definition) is 2. The maximum Gasteiger partial charge on any atom is 0.308 e. The molecule has 1 fully saturated rings. The SMILES string of the molecule is COc1cc(C)c(C)cc1C1CC(=O)NCC1C(=O)O. The van der Waals surface area contributed by atoms with Crippen molar-refractivity contribution in [3.05, 3.63) is 28.8 Å². The van der Waals surface area contributed by atoms with E-state index in [0.717, 1.165) is 16.7 Å². The summed E-state index contributed by atoms with van der Waals surface area (Å²) in [5, 5.41) is 12.0. The molecule has 0 aromatic heterocycles. The van der Waals surface area contributed by atoms with Gasteiger partial charge < -0.3 is 15.2 Å². The van der Waals surface area contributed by atoms with Crippen LogP contribution in [0.3, 0.4) is 0 Å². The topological polar surface area (TPSA) is 75.6 Å². The Labute approximate surface area is 117 Å². The Morgan fingerprint density at radius 1 is 1.35 bits per heavy atom. The lowest BCUT2D eigenvalue weighted by Gasteiger charge is -2.30. The Morgan fingerprint density at radius 2 is 2.00 bits per heavy atom. The fourth-order valence-corrected chi connectivity index (χ4v) is 2.64. The maximum atomic E-state index is 11.6. The van der Waals surface area contributed by atoms with E-state index in [1.165, 1.54) is 0 Å².